The Kier molecular flexibility index (Phi) is 4.70. The summed E-state index contributed by atoms with van der Waals surface area (Å²) in [6, 6.07) is 9.17. The van der Waals surface area contributed by atoms with Crippen molar-refractivity contribution >= 4 is 11.6 Å². The van der Waals surface area contributed by atoms with E-state index in [0.29, 0.717) is 12.0 Å². The highest BCUT2D eigenvalue weighted by Gasteiger charge is 2.13. The molecular weight excluding hydrogens is 282 g/mol. The maximum Gasteiger partial charge on any atom is 0.141 e. The fourth-order valence-electron chi connectivity index (χ4n) is 2.06. The van der Waals surface area contributed by atoms with Gasteiger partial charge in [-0.25, -0.2) is 8.78 Å². The van der Waals surface area contributed by atoms with E-state index in [-0.39, 0.29) is 16.9 Å². The Hall–Kier alpha value is -1.49. The molecule has 106 valence electrons. The fraction of sp³-hybridized carbons (Fsp3) is 0.200. The maximum absolute atomic E-state index is 13.3. The minimum atomic E-state index is -0.453. The number of halogens is 3. The van der Waals surface area contributed by atoms with Gasteiger partial charge in [0.1, 0.15) is 11.6 Å². The van der Waals surface area contributed by atoms with Gasteiger partial charge in [0.25, 0.3) is 0 Å². The van der Waals surface area contributed by atoms with Crippen molar-refractivity contribution in [2.75, 3.05) is 0 Å². The maximum atomic E-state index is 13.3. The Labute approximate surface area is 121 Å². The van der Waals surface area contributed by atoms with E-state index in [1.807, 2.05) is 0 Å². The molecule has 0 heterocycles. The number of aryl methyl sites for hydroxylation is 1. The Balaban J connectivity index is 2.23. The van der Waals surface area contributed by atoms with Crippen LogP contribution in [0.1, 0.15) is 22.7 Å². The number of hydrogen-bond donors (Lipinski definition) is 2. The molecular formula is C15H15ClF2N2. The van der Waals surface area contributed by atoms with E-state index in [2.05, 4.69) is 5.43 Å². The molecule has 1 unspecified atom stereocenters. The van der Waals surface area contributed by atoms with Gasteiger partial charge in [-0.1, -0.05) is 29.8 Å². The van der Waals surface area contributed by atoms with Crippen LogP contribution in [0.25, 0.3) is 0 Å². The molecule has 0 bridgehead atoms. The fourth-order valence-corrected chi connectivity index (χ4v) is 2.26. The minimum absolute atomic E-state index is 0.0774. The average molecular weight is 297 g/mol. The molecule has 2 nitrogen and oxygen atoms in total. The summed E-state index contributed by atoms with van der Waals surface area (Å²) in [6.07, 6.45) is 0.529. The van der Waals surface area contributed by atoms with Gasteiger partial charge in [-0.3, -0.25) is 11.3 Å². The largest absolute Gasteiger partial charge is 0.271 e. The Morgan fingerprint density at radius 2 is 1.85 bits per heavy atom. The molecule has 0 radical (unpaired) electrons. The molecule has 2 aromatic carbocycles. The van der Waals surface area contributed by atoms with Crippen LogP contribution in [-0.4, -0.2) is 0 Å². The van der Waals surface area contributed by atoms with Crippen LogP contribution >= 0.6 is 11.6 Å². The molecule has 0 aliphatic heterocycles. The van der Waals surface area contributed by atoms with Gasteiger partial charge < -0.3 is 0 Å². The minimum Gasteiger partial charge on any atom is -0.271 e. The van der Waals surface area contributed by atoms with Crippen LogP contribution in [0.4, 0.5) is 8.78 Å². The second-order valence-corrected chi connectivity index (χ2v) is 5.09. The first-order valence-electron chi connectivity index (χ1n) is 6.17. The van der Waals surface area contributed by atoms with E-state index in [4.69, 9.17) is 17.4 Å². The molecule has 0 fully saturated rings. The first kappa shape index (κ1) is 14.9. The lowest BCUT2D eigenvalue weighted by Crippen LogP contribution is -2.29. The molecule has 0 aliphatic carbocycles. The Morgan fingerprint density at radius 1 is 1.15 bits per heavy atom. The third-order valence-electron chi connectivity index (χ3n) is 3.21. The number of rotatable bonds is 4. The highest BCUT2D eigenvalue weighted by Crippen LogP contribution is 2.23. The number of nitrogens with two attached hydrogens (primary N) is 1. The molecule has 0 spiro atoms. The predicted octanol–water partition coefficient (Wildman–Crippen LogP) is 3.67. The van der Waals surface area contributed by atoms with E-state index < -0.39 is 5.82 Å². The van der Waals surface area contributed by atoms with Gasteiger partial charge in [0, 0.05) is 6.04 Å². The first-order chi connectivity index (χ1) is 9.51. The van der Waals surface area contributed by atoms with Crippen molar-refractivity contribution in [3.8, 4) is 0 Å². The van der Waals surface area contributed by atoms with Gasteiger partial charge in [-0.2, -0.15) is 0 Å². The lowest BCUT2D eigenvalue weighted by molar-refractivity contribution is 0.547. The zero-order chi connectivity index (χ0) is 14.7. The number of hydrogen-bond acceptors (Lipinski definition) is 2. The lowest BCUT2D eigenvalue weighted by atomic mass is 9.98. The van der Waals surface area contributed by atoms with Crippen molar-refractivity contribution < 1.29 is 8.78 Å². The predicted molar refractivity (Wildman–Crippen MR) is 76.3 cm³/mol. The van der Waals surface area contributed by atoms with Crippen LogP contribution in [0.5, 0.6) is 0 Å². The molecule has 1 atom stereocenters. The van der Waals surface area contributed by atoms with Crippen molar-refractivity contribution in [1.29, 1.82) is 0 Å². The van der Waals surface area contributed by atoms with E-state index in [0.717, 1.165) is 11.1 Å². The number of nitrogens with one attached hydrogen (secondary N) is 1. The molecule has 20 heavy (non-hydrogen) atoms. The normalized spacial score (nSPS) is 12.4. The zero-order valence-electron chi connectivity index (χ0n) is 11.0. The molecule has 0 saturated heterocycles. The van der Waals surface area contributed by atoms with Crippen LogP contribution < -0.4 is 11.3 Å². The number of benzene rings is 2. The van der Waals surface area contributed by atoms with Crippen LogP contribution in [0.15, 0.2) is 36.4 Å². The SMILES string of the molecule is Cc1cc(C(Cc2ccc(F)c(Cl)c2)NN)ccc1F. The monoisotopic (exact) mass is 296 g/mol. The topological polar surface area (TPSA) is 38.0 Å². The van der Waals surface area contributed by atoms with Crippen molar-refractivity contribution in [3.63, 3.8) is 0 Å². The molecule has 0 aliphatic rings. The summed E-state index contributed by atoms with van der Waals surface area (Å²) >= 11 is 5.76. The van der Waals surface area contributed by atoms with Crippen molar-refractivity contribution in [1.82, 2.24) is 5.43 Å². The Morgan fingerprint density at radius 3 is 2.45 bits per heavy atom. The smallest absolute Gasteiger partial charge is 0.141 e. The summed E-state index contributed by atoms with van der Waals surface area (Å²) < 4.78 is 26.4. The van der Waals surface area contributed by atoms with Crippen LogP contribution in [0, 0.1) is 18.6 Å². The lowest BCUT2D eigenvalue weighted by Gasteiger charge is -2.17. The number of hydrazine groups is 1. The summed E-state index contributed by atoms with van der Waals surface area (Å²) in [7, 11) is 0. The van der Waals surface area contributed by atoms with E-state index in [1.165, 1.54) is 12.1 Å². The van der Waals surface area contributed by atoms with Gasteiger partial charge in [0.15, 0.2) is 0 Å². The zero-order valence-corrected chi connectivity index (χ0v) is 11.7. The van der Waals surface area contributed by atoms with Gasteiger partial charge in [0.05, 0.1) is 5.02 Å². The molecule has 0 amide bonds. The Bertz CT molecular complexity index is 617. The molecule has 5 heteroatoms. The second kappa shape index (κ2) is 6.31. The summed E-state index contributed by atoms with van der Waals surface area (Å²) in [5, 5.41) is 0.0774. The van der Waals surface area contributed by atoms with Gasteiger partial charge in [-0.15, -0.1) is 0 Å². The van der Waals surface area contributed by atoms with E-state index in [1.54, 1.807) is 31.2 Å². The van der Waals surface area contributed by atoms with Crippen LogP contribution in [0.3, 0.4) is 0 Å². The van der Waals surface area contributed by atoms with Gasteiger partial charge in [-0.05, 0) is 48.2 Å². The van der Waals surface area contributed by atoms with Gasteiger partial charge >= 0.3 is 0 Å². The standard InChI is InChI=1S/C15H15ClF2N2/c1-9-6-11(3-5-13(9)17)15(20-19)8-10-2-4-14(18)12(16)7-10/h2-7,15,20H,8,19H2,1H3. The molecule has 0 saturated carbocycles. The quantitative estimate of drug-likeness (QED) is 0.667. The van der Waals surface area contributed by atoms with Crippen molar-refractivity contribution in [2.24, 2.45) is 5.84 Å². The molecule has 2 aromatic rings. The van der Waals surface area contributed by atoms with Crippen molar-refractivity contribution in [3.05, 3.63) is 69.7 Å². The van der Waals surface area contributed by atoms with Gasteiger partial charge in [0.2, 0.25) is 0 Å². The third kappa shape index (κ3) is 3.33. The van der Waals surface area contributed by atoms with Crippen LogP contribution in [-0.2, 0) is 6.42 Å². The second-order valence-electron chi connectivity index (χ2n) is 4.68. The van der Waals surface area contributed by atoms with Crippen LogP contribution in [0.2, 0.25) is 5.02 Å². The third-order valence-corrected chi connectivity index (χ3v) is 3.50. The summed E-state index contributed by atoms with van der Waals surface area (Å²) in [6.45, 7) is 1.70. The summed E-state index contributed by atoms with van der Waals surface area (Å²) in [4.78, 5) is 0. The highest BCUT2D eigenvalue weighted by atomic mass is 35.5. The first-order valence-corrected chi connectivity index (χ1v) is 6.55. The summed E-state index contributed by atoms with van der Waals surface area (Å²) in [5.74, 6) is 4.85. The molecule has 3 N–H and O–H groups in total. The molecule has 2 rings (SSSR count). The molecule has 0 aromatic heterocycles. The van der Waals surface area contributed by atoms with E-state index in [9.17, 15) is 8.78 Å². The highest BCUT2D eigenvalue weighted by molar-refractivity contribution is 6.30. The summed E-state index contributed by atoms with van der Waals surface area (Å²) in [5.41, 5.74) is 4.96. The van der Waals surface area contributed by atoms with Crippen molar-refractivity contribution in [2.45, 2.75) is 19.4 Å². The average Bonchev–Trinajstić information content (AvgIpc) is 2.43. The van der Waals surface area contributed by atoms with E-state index >= 15 is 0 Å².